The number of nitrogens with zero attached hydrogens (tertiary/aromatic N) is 1. The Morgan fingerprint density at radius 3 is 2.29 bits per heavy atom. The van der Waals surface area contributed by atoms with Crippen LogP contribution in [0.1, 0.15) is 0 Å². The van der Waals surface area contributed by atoms with Crippen LogP contribution in [0, 0.1) is 0 Å². The molecule has 4 rings (SSSR count). The number of anilines is 6. The molecule has 0 aromatic heterocycles. The molecule has 3 aromatic rings. The standard InChI is InChI=1S/C18H15N3/c19-13-10-11-18-16(12-13)20-15-8-4-5-9-17(15)21(18)14-6-2-1-3-7-14/h1-12,20H,19H2. The third kappa shape index (κ3) is 1.91. The minimum absolute atomic E-state index is 0.758. The van der Waals surface area contributed by atoms with E-state index in [1.807, 2.05) is 24.3 Å². The molecule has 0 saturated heterocycles. The second kappa shape index (κ2) is 4.56. The van der Waals surface area contributed by atoms with Crippen LogP contribution in [-0.2, 0) is 0 Å². The molecule has 21 heavy (non-hydrogen) atoms. The van der Waals surface area contributed by atoms with Gasteiger partial charge in [0.2, 0.25) is 0 Å². The Hall–Kier alpha value is -2.94. The zero-order chi connectivity index (χ0) is 14.2. The van der Waals surface area contributed by atoms with Crippen molar-refractivity contribution in [3.63, 3.8) is 0 Å². The van der Waals surface area contributed by atoms with Crippen LogP contribution >= 0.6 is 0 Å². The molecule has 0 bridgehead atoms. The fourth-order valence-electron chi connectivity index (χ4n) is 2.75. The number of para-hydroxylation sites is 3. The van der Waals surface area contributed by atoms with Crippen LogP contribution in [0.15, 0.2) is 72.8 Å². The molecular formula is C18H15N3. The summed E-state index contributed by atoms with van der Waals surface area (Å²) in [6.07, 6.45) is 0. The molecule has 3 aromatic carbocycles. The summed E-state index contributed by atoms with van der Waals surface area (Å²) in [6, 6.07) is 24.6. The monoisotopic (exact) mass is 273 g/mol. The van der Waals surface area contributed by atoms with Crippen LogP contribution in [0.25, 0.3) is 0 Å². The Kier molecular flexibility index (Phi) is 2.57. The second-order valence-corrected chi connectivity index (χ2v) is 5.09. The molecule has 1 heterocycles. The van der Waals surface area contributed by atoms with Gasteiger partial charge in [-0.2, -0.15) is 0 Å². The van der Waals surface area contributed by atoms with Crippen LogP contribution < -0.4 is 16.0 Å². The number of hydrogen-bond donors (Lipinski definition) is 2. The van der Waals surface area contributed by atoms with Gasteiger partial charge in [-0.25, -0.2) is 0 Å². The van der Waals surface area contributed by atoms with Gasteiger partial charge in [-0.15, -0.1) is 0 Å². The molecule has 1 aliphatic heterocycles. The van der Waals surface area contributed by atoms with E-state index in [0.717, 1.165) is 34.1 Å². The first-order chi connectivity index (χ1) is 10.3. The molecule has 3 N–H and O–H groups in total. The highest BCUT2D eigenvalue weighted by Crippen LogP contribution is 2.47. The first kappa shape index (κ1) is 11.9. The van der Waals surface area contributed by atoms with Crippen LogP contribution in [0.5, 0.6) is 0 Å². The molecule has 0 unspecified atom stereocenters. The highest BCUT2D eigenvalue weighted by Gasteiger charge is 2.23. The van der Waals surface area contributed by atoms with Gasteiger partial charge in [0.15, 0.2) is 0 Å². The minimum Gasteiger partial charge on any atom is -0.399 e. The summed E-state index contributed by atoms with van der Waals surface area (Å²) in [5.41, 5.74) is 12.2. The maximum absolute atomic E-state index is 5.93. The van der Waals surface area contributed by atoms with E-state index in [1.54, 1.807) is 0 Å². The average Bonchev–Trinajstić information content (AvgIpc) is 2.53. The third-order valence-electron chi connectivity index (χ3n) is 3.69. The summed E-state index contributed by atoms with van der Waals surface area (Å²) in [4.78, 5) is 2.25. The van der Waals surface area contributed by atoms with Crippen molar-refractivity contribution < 1.29 is 0 Å². The summed E-state index contributed by atoms with van der Waals surface area (Å²) >= 11 is 0. The highest BCUT2D eigenvalue weighted by atomic mass is 15.2. The summed E-state index contributed by atoms with van der Waals surface area (Å²) in [5.74, 6) is 0. The number of nitrogens with two attached hydrogens (primary N) is 1. The van der Waals surface area contributed by atoms with Gasteiger partial charge in [0.25, 0.3) is 0 Å². The first-order valence-corrected chi connectivity index (χ1v) is 6.94. The van der Waals surface area contributed by atoms with E-state index in [9.17, 15) is 0 Å². The molecule has 0 aliphatic carbocycles. The number of nitrogen functional groups attached to an aromatic ring is 1. The van der Waals surface area contributed by atoms with Crippen molar-refractivity contribution in [1.82, 2.24) is 0 Å². The molecule has 0 fully saturated rings. The van der Waals surface area contributed by atoms with Crippen molar-refractivity contribution in [3.8, 4) is 0 Å². The highest BCUT2D eigenvalue weighted by molar-refractivity contribution is 5.97. The van der Waals surface area contributed by atoms with Crippen LogP contribution in [-0.4, -0.2) is 0 Å². The van der Waals surface area contributed by atoms with E-state index in [2.05, 4.69) is 58.7 Å². The van der Waals surface area contributed by atoms with Crippen LogP contribution in [0.4, 0.5) is 34.1 Å². The van der Waals surface area contributed by atoms with Crippen molar-refractivity contribution in [1.29, 1.82) is 0 Å². The van der Waals surface area contributed by atoms with Gasteiger partial charge < -0.3 is 16.0 Å². The molecule has 0 radical (unpaired) electrons. The molecule has 1 aliphatic rings. The van der Waals surface area contributed by atoms with E-state index in [4.69, 9.17) is 5.73 Å². The molecule has 102 valence electrons. The maximum Gasteiger partial charge on any atom is 0.0699 e. The van der Waals surface area contributed by atoms with E-state index in [1.165, 1.54) is 0 Å². The number of rotatable bonds is 1. The van der Waals surface area contributed by atoms with Crippen molar-refractivity contribution in [2.45, 2.75) is 0 Å². The molecule has 0 spiro atoms. The topological polar surface area (TPSA) is 41.3 Å². The van der Waals surface area contributed by atoms with Crippen molar-refractivity contribution in [3.05, 3.63) is 72.8 Å². The van der Waals surface area contributed by atoms with Gasteiger partial charge in [0, 0.05) is 11.4 Å². The van der Waals surface area contributed by atoms with Gasteiger partial charge in [-0.1, -0.05) is 30.3 Å². The zero-order valence-corrected chi connectivity index (χ0v) is 11.5. The number of fused-ring (bicyclic) bond motifs is 2. The maximum atomic E-state index is 5.93. The fraction of sp³-hybridized carbons (Fsp3) is 0. The lowest BCUT2D eigenvalue weighted by Crippen LogP contribution is -2.17. The normalized spacial score (nSPS) is 12.3. The van der Waals surface area contributed by atoms with Crippen molar-refractivity contribution in [2.24, 2.45) is 0 Å². The smallest absolute Gasteiger partial charge is 0.0699 e. The third-order valence-corrected chi connectivity index (χ3v) is 3.69. The van der Waals surface area contributed by atoms with E-state index in [-0.39, 0.29) is 0 Å². The minimum atomic E-state index is 0.758. The van der Waals surface area contributed by atoms with E-state index in [0.29, 0.717) is 0 Å². The van der Waals surface area contributed by atoms with E-state index >= 15 is 0 Å². The Morgan fingerprint density at radius 2 is 1.43 bits per heavy atom. The van der Waals surface area contributed by atoms with Crippen molar-refractivity contribution >= 4 is 34.1 Å². The lowest BCUT2D eigenvalue weighted by atomic mass is 10.1. The lowest BCUT2D eigenvalue weighted by Gasteiger charge is -2.34. The predicted molar refractivity (Wildman–Crippen MR) is 88.8 cm³/mol. The van der Waals surface area contributed by atoms with Gasteiger partial charge in [-0.05, 0) is 42.5 Å². The number of benzene rings is 3. The largest absolute Gasteiger partial charge is 0.399 e. The summed E-state index contributed by atoms with van der Waals surface area (Å²) in [6.45, 7) is 0. The quantitative estimate of drug-likeness (QED) is 0.490. The zero-order valence-electron chi connectivity index (χ0n) is 11.5. The molecule has 3 heteroatoms. The van der Waals surface area contributed by atoms with Crippen LogP contribution in [0.3, 0.4) is 0 Å². The predicted octanol–water partition coefficient (Wildman–Crippen LogP) is 4.80. The van der Waals surface area contributed by atoms with Gasteiger partial charge >= 0.3 is 0 Å². The Morgan fingerprint density at radius 1 is 0.714 bits per heavy atom. The van der Waals surface area contributed by atoms with E-state index < -0.39 is 0 Å². The van der Waals surface area contributed by atoms with Crippen LogP contribution in [0.2, 0.25) is 0 Å². The number of nitrogens with one attached hydrogen (secondary N) is 1. The average molecular weight is 273 g/mol. The molecular weight excluding hydrogens is 258 g/mol. The lowest BCUT2D eigenvalue weighted by molar-refractivity contribution is 1.25. The molecule has 0 saturated carbocycles. The second-order valence-electron chi connectivity index (χ2n) is 5.09. The SMILES string of the molecule is Nc1ccc2c(c1)Nc1ccccc1N2c1ccccc1. The first-order valence-electron chi connectivity index (χ1n) is 6.94. The summed E-state index contributed by atoms with van der Waals surface area (Å²) in [5, 5.41) is 3.46. The molecule has 0 atom stereocenters. The summed E-state index contributed by atoms with van der Waals surface area (Å²) in [7, 11) is 0. The molecule has 0 amide bonds. The Balaban J connectivity index is 1.97. The van der Waals surface area contributed by atoms with Gasteiger partial charge in [-0.3, -0.25) is 0 Å². The number of hydrogen-bond acceptors (Lipinski definition) is 3. The Bertz CT molecular complexity index is 797. The fourth-order valence-corrected chi connectivity index (χ4v) is 2.75. The molecule has 3 nitrogen and oxygen atoms in total. The summed E-state index contributed by atoms with van der Waals surface area (Å²) < 4.78 is 0. The Labute approximate surface area is 123 Å². The van der Waals surface area contributed by atoms with Gasteiger partial charge in [0.1, 0.15) is 0 Å². The van der Waals surface area contributed by atoms with Gasteiger partial charge in [0.05, 0.1) is 22.7 Å². The van der Waals surface area contributed by atoms with Crippen molar-refractivity contribution in [2.75, 3.05) is 16.0 Å².